The summed E-state index contributed by atoms with van der Waals surface area (Å²) >= 11 is 0. The number of hydrogen-bond donors (Lipinski definition) is 0. The maximum Gasteiger partial charge on any atom is 0.290 e. The molecule has 0 radical (unpaired) electrons. The molecule has 0 saturated carbocycles. The van der Waals surface area contributed by atoms with Crippen LogP contribution in [-0.2, 0) is 14.2 Å². The Labute approximate surface area is 170 Å². The summed E-state index contributed by atoms with van der Waals surface area (Å²) in [4.78, 5) is 0. The summed E-state index contributed by atoms with van der Waals surface area (Å²) < 4.78 is 19.4. The van der Waals surface area contributed by atoms with Gasteiger partial charge in [0.2, 0.25) is 0 Å². The third kappa shape index (κ3) is 10.7. The average molecular weight is 385 g/mol. The minimum absolute atomic E-state index is 0.0284. The smallest absolute Gasteiger partial charge is 0.290 e. The Hall–Kier alpha value is -0.380. The molecule has 27 heavy (non-hydrogen) atoms. The Morgan fingerprint density at radius 2 is 1.11 bits per heavy atom. The van der Waals surface area contributed by atoms with Crippen molar-refractivity contribution in [3.8, 4) is 0 Å². The van der Waals surface area contributed by atoms with Gasteiger partial charge in [0.15, 0.2) is 0 Å². The summed E-state index contributed by atoms with van der Waals surface area (Å²) in [7, 11) is 0. The lowest BCUT2D eigenvalue weighted by Gasteiger charge is -2.43. The summed E-state index contributed by atoms with van der Waals surface area (Å²) in [6, 6.07) is 0. The first-order valence-corrected chi connectivity index (χ1v) is 11.5. The van der Waals surface area contributed by atoms with Crippen molar-refractivity contribution in [1.82, 2.24) is 0 Å². The number of hydrogen-bond acceptors (Lipinski definition) is 3. The third-order valence-electron chi connectivity index (χ3n) is 5.43. The van der Waals surface area contributed by atoms with E-state index in [1.54, 1.807) is 0 Å². The van der Waals surface area contributed by atoms with Crippen LogP contribution < -0.4 is 0 Å². The fourth-order valence-corrected chi connectivity index (χ4v) is 3.02. The Morgan fingerprint density at radius 1 is 0.704 bits per heavy atom. The second-order valence-corrected chi connectivity index (χ2v) is 8.01. The zero-order chi connectivity index (χ0) is 20.7. The van der Waals surface area contributed by atoms with Crippen LogP contribution in [0.3, 0.4) is 0 Å². The van der Waals surface area contributed by atoms with Crippen LogP contribution in [0.1, 0.15) is 113 Å². The van der Waals surface area contributed by atoms with Crippen molar-refractivity contribution in [3.63, 3.8) is 0 Å². The predicted molar refractivity (Wildman–Crippen MR) is 117 cm³/mol. The molecule has 0 heterocycles. The monoisotopic (exact) mass is 384 g/mol. The van der Waals surface area contributed by atoms with Crippen LogP contribution in [0.15, 0.2) is 12.7 Å². The lowest BCUT2D eigenvalue weighted by atomic mass is 9.97. The van der Waals surface area contributed by atoms with Crippen molar-refractivity contribution < 1.29 is 14.2 Å². The van der Waals surface area contributed by atoms with Crippen molar-refractivity contribution in [2.24, 2.45) is 5.92 Å². The third-order valence-corrected chi connectivity index (χ3v) is 5.43. The zero-order valence-corrected chi connectivity index (χ0v) is 19.4. The van der Waals surface area contributed by atoms with Crippen LogP contribution in [0, 0.1) is 5.92 Å². The topological polar surface area (TPSA) is 27.7 Å². The van der Waals surface area contributed by atoms with Gasteiger partial charge in [-0.3, -0.25) is 0 Å². The largest absolute Gasteiger partial charge is 0.324 e. The lowest BCUT2D eigenvalue weighted by Crippen LogP contribution is -2.51. The van der Waals surface area contributed by atoms with Gasteiger partial charge in [0, 0.05) is 0 Å². The number of unbranched alkanes of at least 4 members (excludes halogenated alkanes) is 5. The molecule has 162 valence electrons. The molecule has 0 aromatic heterocycles. The van der Waals surface area contributed by atoms with Crippen LogP contribution in [0.2, 0.25) is 0 Å². The van der Waals surface area contributed by atoms with Crippen LogP contribution in [0.5, 0.6) is 0 Å². The standard InChI is InChI=1S/C24H48O3/c1-9-14-15-16-17-18-19-23(13-5)24(25-20(6)10-2,26-21(7)11-3)27-22(8)12-4/h13,20-23H,5,9-12,14-19H2,1-4,6-8H3. The minimum Gasteiger partial charge on any atom is -0.324 e. The van der Waals surface area contributed by atoms with Gasteiger partial charge in [-0.2, -0.15) is 0 Å². The van der Waals surface area contributed by atoms with Gasteiger partial charge in [-0.1, -0.05) is 72.3 Å². The van der Waals surface area contributed by atoms with E-state index in [0.29, 0.717) is 0 Å². The molecule has 4 unspecified atom stereocenters. The van der Waals surface area contributed by atoms with Crippen molar-refractivity contribution >= 4 is 0 Å². The molecule has 0 spiro atoms. The fourth-order valence-electron chi connectivity index (χ4n) is 3.02. The average Bonchev–Trinajstić information content (AvgIpc) is 2.66. The van der Waals surface area contributed by atoms with Crippen molar-refractivity contribution in [2.45, 2.75) is 137 Å². The number of ether oxygens (including phenoxy) is 3. The molecule has 0 aliphatic heterocycles. The van der Waals surface area contributed by atoms with Crippen molar-refractivity contribution in [3.05, 3.63) is 12.7 Å². The second-order valence-electron chi connectivity index (χ2n) is 8.01. The lowest BCUT2D eigenvalue weighted by molar-refractivity contribution is -0.430. The van der Waals surface area contributed by atoms with E-state index >= 15 is 0 Å². The van der Waals surface area contributed by atoms with Gasteiger partial charge >= 0.3 is 0 Å². The Kier molecular flexibility index (Phi) is 15.3. The van der Waals surface area contributed by atoms with E-state index in [9.17, 15) is 0 Å². The van der Waals surface area contributed by atoms with E-state index in [0.717, 1.165) is 32.1 Å². The maximum atomic E-state index is 6.47. The van der Waals surface area contributed by atoms with E-state index < -0.39 is 5.97 Å². The summed E-state index contributed by atoms with van der Waals surface area (Å²) in [6.45, 7) is 19.1. The molecule has 0 rings (SSSR count). The summed E-state index contributed by atoms with van der Waals surface area (Å²) in [5.74, 6) is -1.01. The SMILES string of the molecule is C=CC(CCCCCCCC)C(OC(C)CC)(OC(C)CC)OC(C)CC. The second kappa shape index (κ2) is 15.5. The first-order chi connectivity index (χ1) is 12.9. The molecule has 3 heteroatoms. The molecule has 0 aliphatic rings. The molecule has 0 saturated heterocycles. The van der Waals surface area contributed by atoms with Crippen LogP contribution in [0.25, 0.3) is 0 Å². The predicted octanol–water partition coefficient (Wildman–Crippen LogP) is 7.64. The molecular weight excluding hydrogens is 336 g/mol. The van der Waals surface area contributed by atoms with Gasteiger partial charge in [0.1, 0.15) is 0 Å². The summed E-state index contributed by atoms with van der Waals surface area (Å²) in [5.41, 5.74) is 0. The number of rotatable bonds is 18. The van der Waals surface area contributed by atoms with E-state index in [4.69, 9.17) is 14.2 Å². The van der Waals surface area contributed by atoms with Crippen molar-refractivity contribution in [1.29, 1.82) is 0 Å². The maximum absolute atomic E-state index is 6.47. The molecule has 0 fully saturated rings. The van der Waals surface area contributed by atoms with Gasteiger partial charge < -0.3 is 14.2 Å². The Balaban J connectivity index is 5.32. The molecular formula is C24H48O3. The highest BCUT2D eigenvalue weighted by Crippen LogP contribution is 2.36. The van der Waals surface area contributed by atoms with E-state index in [1.807, 2.05) is 6.08 Å². The molecule has 0 N–H and O–H groups in total. The molecule has 0 amide bonds. The molecule has 3 nitrogen and oxygen atoms in total. The van der Waals surface area contributed by atoms with Crippen LogP contribution >= 0.6 is 0 Å². The van der Waals surface area contributed by atoms with Crippen LogP contribution in [0.4, 0.5) is 0 Å². The Morgan fingerprint density at radius 3 is 1.48 bits per heavy atom. The molecule has 0 aliphatic carbocycles. The van der Waals surface area contributed by atoms with Gasteiger partial charge in [0.05, 0.1) is 24.2 Å². The van der Waals surface area contributed by atoms with Crippen molar-refractivity contribution in [2.75, 3.05) is 0 Å². The molecule has 0 aromatic rings. The van der Waals surface area contributed by atoms with Gasteiger partial charge in [-0.05, 0) is 46.5 Å². The zero-order valence-electron chi connectivity index (χ0n) is 19.4. The first-order valence-electron chi connectivity index (χ1n) is 11.5. The summed E-state index contributed by atoms with van der Waals surface area (Å²) in [5, 5.41) is 0. The van der Waals surface area contributed by atoms with Gasteiger partial charge in [-0.25, -0.2) is 0 Å². The summed E-state index contributed by atoms with van der Waals surface area (Å²) in [6.07, 6.45) is 13.6. The molecule has 0 bridgehead atoms. The fraction of sp³-hybridized carbons (Fsp3) is 0.917. The van der Waals surface area contributed by atoms with E-state index in [-0.39, 0.29) is 24.2 Å². The highest BCUT2D eigenvalue weighted by molar-refractivity contribution is 4.88. The molecule has 0 aromatic carbocycles. The minimum atomic E-state index is -1.04. The highest BCUT2D eigenvalue weighted by Gasteiger charge is 2.44. The quantitative estimate of drug-likeness (QED) is 0.138. The van der Waals surface area contributed by atoms with Crippen LogP contribution in [-0.4, -0.2) is 24.3 Å². The Bertz CT molecular complexity index is 324. The highest BCUT2D eigenvalue weighted by atomic mass is 16.9. The van der Waals surface area contributed by atoms with Gasteiger partial charge in [0.25, 0.3) is 5.97 Å². The first kappa shape index (κ1) is 26.6. The van der Waals surface area contributed by atoms with Gasteiger partial charge in [-0.15, -0.1) is 6.58 Å². The normalized spacial score (nSPS) is 18.5. The van der Waals surface area contributed by atoms with E-state index in [1.165, 1.54) is 32.1 Å². The molecule has 4 atom stereocenters. The van der Waals surface area contributed by atoms with E-state index in [2.05, 4.69) is 55.0 Å².